The van der Waals surface area contributed by atoms with Gasteiger partial charge in [0.2, 0.25) is 0 Å². The van der Waals surface area contributed by atoms with Crippen molar-refractivity contribution in [1.29, 1.82) is 0 Å². The van der Waals surface area contributed by atoms with Gasteiger partial charge in [0, 0.05) is 16.8 Å². The Morgan fingerprint density at radius 1 is 1.29 bits per heavy atom. The first-order valence-corrected chi connectivity index (χ1v) is 8.02. The van der Waals surface area contributed by atoms with Gasteiger partial charge in [0.15, 0.2) is 9.84 Å². The highest BCUT2D eigenvalue weighted by Crippen LogP contribution is 2.22. The topological polar surface area (TPSA) is 60.2 Å². The van der Waals surface area contributed by atoms with Crippen molar-refractivity contribution >= 4 is 25.8 Å². The van der Waals surface area contributed by atoms with E-state index in [1.807, 2.05) is 24.3 Å². The van der Waals surface area contributed by atoms with E-state index in [0.29, 0.717) is 6.42 Å². The number of rotatable bonds is 4. The number of nitrogens with two attached hydrogens (primary N) is 1. The van der Waals surface area contributed by atoms with Crippen molar-refractivity contribution in [2.45, 2.75) is 31.1 Å². The van der Waals surface area contributed by atoms with Gasteiger partial charge in [-0.1, -0.05) is 28.1 Å². The van der Waals surface area contributed by atoms with Crippen molar-refractivity contribution in [3.8, 4) is 0 Å². The van der Waals surface area contributed by atoms with Crippen molar-refractivity contribution in [2.24, 2.45) is 5.73 Å². The van der Waals surface area contributed by atoms with Gasteiger partial charge in [-0.3, -0.25) is 0 Å². The molecule has 1 aromatic carbocycles. The fraction of sp³-hybridized carbons (Fsp3) is 0.500. The van der Waals surface area contributed by atoms with Crippen LogP contribution in [0.4, 0.5) is 0 Å². The van der Waals surface area contributed by atoms with Gasteiger partial charge in [-0.15, -0.1) is 0 Å². The number of halogens is 1. The number of benzene rings is 1. The van der Waals surface area contributed by atoms with Crippen LogP contribution in [-0.4, -0.2) is 25.5 Å². The van der Waals surface area contributed by atoms with Crippen LogP contribution in [0.15, 0.2) is 28.7 Å². The average molecular weight is 320 g/mol. The monoisotopic (exact) mass is 319 g/mol. The third-order valence-corrected chi connectivity index (χ3v) is 5.96. The molecule has 0 aromatic heterocycles. The highest BCUT2D eigenvalue weighted by molar-refractivity contribution is 9.10. The Morgan fingerprint density at radius 2 is 1.76 bits per heavy atom. The lowest BCUT2D eigenvalue weighted by molar-refractivity contribution is 0.482. The summed E-state index contributed by atoms with van der Waals surface area (Å²) in [5.74, 6) is 0. The van der Waals surface area contributed by atoms with Gasteiger partial charge in [-0.2, -0.15) is 0 Å². The molecule has 0 heterocycles. The van der Waals surface area contributed by atoms with Gasteiger partial charge in [0.05, 0.1) is 4.75 Å². The highest BCUT2D eigenvalue weighted by atomic mass is 79.9. The van der Waals surface area contributed by atoms with E-state index in [9.17, 15) is 8.42 Å². The Morgan fingerprint density at radius 3 is 2.18 bits per heavy atom. The summed E-state index contributed by atoms with van der Waals surface area (Å²) in [6, 6.07) is 7.33. The maximum atomic E-state index is 11.7. The van der Waals surface area contributed by atoms with Crippen LogP contribution in [0.2, 0.25) is 0 Å². The molecule has 5 heteroatoms. The standard InChI is InChI=1S/C12H18BrNO2S/c1-12(2,17(3,15)16)11(14)8-9-4-6-10(13)7-5-9/h4-7,11H,8,14H2,1-3H3. The number of hydrogen-bond acceptors (Lipinski definition) is 3. The van der Waals surface area contributed by atoms with E-state index in [4.69, 9.17) is 5.73 Å². The third-order valence-electron chi connectivity index (χ3n) is 3.22. The van der Waals surface area contributed by atoms with E-state index in [0.717, 1.165) is 10.0 Å². The van der Waals surface area contributed by atoms with Crippen LogP contribution in [0.1, 0.15) is 19.4 Å². The smallest absolute Gasteiger partial charge is 0.154 e. The van der Waals surface area contributed by atoms with Gasteiger partial charge < -0.3 is 5.73 Å². The maximum Gasteiger partial charge on any atom is 0.154 e. The summed E-state index contributed by atoms with van der Waals surface area (Å²) < 4.78 is 23.4. The number of hydrogen-bond donors (Lipinski definition) is 1. The van der Waals surface area contributed by atoms with Crippen LogP contribution in [0, 0.1) is 0 Å². The molecular formula is C12H18BrNO2S. The Labute approximate surface area is 111 Å². The van der Waals surface area contributed by atoms with Crippen LogP contribution in [-0.2, 0) is 16.3 Å². The van der Waals surface area contributed by atoms with Crippen LogP contribution < -0.4 is 5.73 Å². The normalized spacial score (nSPS) is 14.6. The molecule has 0 spiro atoms. The molecule has 0 bridgehead atoms. The van der Waals surface area contributed by atoms with Crippen LogP contribution >= 0.6 is 15.9 Å². The molecule has 0 aliphatic heterocycles. The molecular weight excluding hydrogens is 302 g/mol. The van der Waals surface area contributed by atoms with Crippen molar-refractivity contribution in [2.75, 3.05) is 6.26 Å². The summed E-state index contributed by atoms with van der Waals surface area (Å²) in [4.78, 5) is 0. The molecule has 0 saturated carbocycles. The van der Waals surface area contributed by atoms with E-state index < -0.39 is 20.6 Å². The van der Waals surface area contributed by atoms with Gasteiger partial charge in [0.1, 0.15) is 0 Å². The minimum Gasteiger partial charge on any atom is -0.326 e. The average Bonchev–Trinajstić information content (AvgIpc) is 2.19. The lowest BCUT2D eigenvalue weighted by Crippen LogP contribution is -2.49. The fourth-order valence-electron chi connectivity index (χ4n) is 1.40. The van der Waals surface area contributed by atoms with E-state index in [2.05, 4.69) is 15.9 Å². The van der Waals surface area contributed by atoms with Crippen LogP contribution in [0.25, 0.3) is 0 Å². The molecule has 17 heavy (non-hydrogen) atoms. The second-order valence-electron chi connectivity index (χ2n) is 4.81. The minimum atomic E-state index is -3.16. The maximum absolute atomic E-state index is 11.7. The molecule has 96 valence electrons. The zero-order chi connectivity index (χ0) is 13.3. The van der Waals surface area contributed by atoms with Crippen LogP contribution in [0.5, 0.6) is 0 Å². The zero-order valence-electron chi connectivity index (χ0n) is 10.3. The van der Waals surface area contributed by atoms with E-state index >= 15 is 0 Å². The molecule has 0 aliphatic rings. The van der Waals surface area contributed by atoms with Crippen molar-refractivity contribution < 1.29 is 8.42 Å². The van der Waals surface area contributed by atoms with Gasteiger partial charge in [0.25, 0.3) is 0 Å². The fourth-order valence-corrected chi connectivity index (χ4v) is 2.29. The summed E-state index contributed by atoms with van der Waals surface area (Å²) >= 11 is 3.36. The molecule has 0 aliphatic carbocycles. The summed E-state index contributed by atoms with van der Waals surface area (Å²) in [6.07, 6.45) is 1.78. The Hall–Kier alpha value is -0.390. The molecule has 2 N–H and O–H groups in total. The Bertz CT molecular complexity index is 480. The molecule has 1 aromatic rings. The van der Waals surface area contributed by atoms with Gasteiger partial charge in [-0.25, -0.2) is 8.42 Å². The summed E-state index contributed by atoms with van der Waals surface area (Å²) in [5.41, 5.74) is 7.06. The molecule has 1 atom stereocenters. The SMILES string of the molecule is CC(C)(C(N)Cc1ccc(Br)cc1)S(C)(=O)=O. The molecule has 0 amide bonds. The highest BCUT2D eigenvalue weighted by Gasteiger charge is 2.36. The third kappa shape index (κ3) is 3.53. The second kappa shape index (κ2) is 5.08. The lowest BCUT2D eigenvalue weighted by atomic mass is 9.96. The lowest BCUT2D eigenvalue weighted by Gasteiger charge is -2.29. The molecule has 1 unspecified atom stereocenters. The largest absolute Gasteiger partial charge is 0.326 e. The molecule has 3 nitrogen and oxygen atoms in total. The quantitative estimate of drug-likeness (QED) is 0.925. The Kier molecular flexibility index (Phi) is 4.38. The first kappa shape index (κ1) is 14.7. The summed E-state index contributed by atoms with van der Waals surface area (Å²) in [6.45, 7) is 3.34. The number of sulfone groups is 1. The second-order valence-corrected chi connectivity index (χ2v) is 8.32. The van der Waals surface area contributed by atoms with E-state index in [1.54, 1.807) is 13.8 Å². The van der Waals surface area contributed by atoms with Gasteiger partial charge in [-0.05, 0) is 38.0 Å². The van der Waals surface area contributed by atoms with E-state index in [-0.39, 0.29) is 0 Å². The molecule has 0 saturated heterocycles. The molecule has 0 radical (unpaired) electrons. The predicted molar refractivity (Wildman–Crippen MR) is 74.7 cm³/mol. The minimum absolute atomic E-state index is 0.418. The molecule has 0 fully saturated rings. The van der Waals surface area contributed by atoms with Crippen molar-refractivity contribution in [3.05, 3.63) is 34.3 Å². The van der Waals surface area contributed by atoms with E-state index in [1.165, 1.54) is 6.26 Å². The van der Waals surface area contributed by atoms with Crippen molar-refractivity contribution in [1.82, 2.24) is 0 Å². The zero-order valence-corrected chi connectivity index (χ0v) is 12.7. The van der Waals surface area contributed by atoms with Gasteiger partial charge >= 0.3 is 0 Å². The predicted octanol–water partition coefficient (Wildman–Crippen LogP) is 2.14. The summed E-state index contributed by atoms with van der Waals surface area (Å²) in [7, 11) is -3.16. The first-order chi connectivity index (χ1) is 7.64. The summed E-state index contributed by atoms with van der Waals surface area (Å²) in [5, 5.41) is 0. The van der Waals surface area contributed by atoms with Crippen LogP contribution in [0.3, 0.4) is 0 Å². The first-order valence-electron chi connectivity index (χ1n) is 5.34. The molecule has 1 rings (SSSR count). The van der Waals surface area contributed by atoms with Crippen molar-refractivity contribution in [3.63, 3.8) is 0 Å². The Balaban J connectivity index is 2.86.